The maximum absolute atomic E-state index is 13.0. The summed E-state index contributed by atoms with van der Waals surface area (Å²) in [7, 11) is 0. The largest absolute Gasteiger partial charge is 0.385 e. The molecule has 0 amide bonds. The van der Waals surface area contributed by atoms with Gasteiger partial charge in [-0.25, -0.2) is 4.39 Å². The normalized spacial score (nSPS) is 29.6. The molecule has 0 bridgehead atoms. The molecule has 1 aliphatic rings. The Morgan fingerprint density at radius 2 is 2.25 bits per heavy atom. The molecule has 0 aliphatic heterocycles. The van der Waals surface area contributed by atoms with Crippen LogP contribution in [0.3, 0.4) is 0 Å². The van der Waals surface area contributed by atoms with Gasteiger partial charge in [-0.1, -0.05) is 19.4 Å². The zero-order valence-corrected chi connectivity index (χ0v) is 9.96. The van der Waals surface area contributed by atoms with Crippen LogP contribution in [0, 0.1) is 18.7 Å². The molecule has 0 radical (unpaired) electrons. The van der Waals surface area contributed by atoms with Crippen LogP contribution in [0.1, 0.15) is 43.7 Å². The quantitative estimate of drug-likeness (QED) is 0.811. The number of hydrogen-bond donors (Lipinski definition) is 1. The first-order valence-electron chi connectivity index (χ1n) is 6.04. The third-order valence-corrected chi connectivity index (χ3v) is 3.86. The van der Waals surface area contributed by atoms with E-state index in [9.17, 15) is 9.50 Å². The summed E-state index contributed by atoms with van der Waals surface area (Å²) >= 11 is 0. The second-order valence-corrected chi connectivity index (χ2v) is 5.01. The molecule has 1 saturated carbocycles. The first-order valence-corrected chi connectivity index (χ1v) is 6.04. The Labute approximate surface area is 96.3 Å². The minimum absolute atomic E-state index is 0.227. The van der Waals surface area contributed by atoms with Gasteiger partial charge in [0, 0.05) is 0 Å². The Hall–Kier alpha value is -0.890. The van der Waals surface area contributed by atoms with Crippen molar-refractivity contribution in [2.45, 2.75) is 45.1 Å². The Bertz CT molecular complexity index is 388. The third-order valence-electron chi connectivity index (χ3n) is 3.86. The summed E-state index contributed by atoms with van der Waals surface area (Å²) in [5, 5.41) is 10.6. The van der Waals surface area contributed by atoms with E-state index in [1.807, 2.05) is 6.92 Å². The van der Waals surface area contributed by atoms with E-state index >= 15 is 0 Å². The highest BCUT2D eigenvalue weighted by Crippen LogP contribution is 2.44. The monoisotopic (exact) mass is 222 g/mol. The first-order chi connectivity index (χ1) is 7.55. The molecule has 1 aliphatic carbocycles. The van der Waals surface area contributed by atoms with Crippen LogP contribution in [-0.4, -0.2) is 5.11 Å². The van der Waals surface area contributed by atoms with Crippen LogP contribution in [0.15, 0.2) is 18.2 Å². The van der Waals surface area contributed by atoms with Gasteiger partial charge in [-0.05, 0) is 55.4 Å². The summed E-state index contributed by atoms with van der Waals surface area (Å²) in [6, 6.07) is 4.69. The highest BCUT2D eigenvalue weighted by atomic mass is 19.1. The van der Waals surface area contributed by atoms with E-state index in [0.717, 1.165) is 36.8 Å². The molecular formula is C14H19FO. The Morgan fingerprint density at radius 1 is 1.50 bits per heavy atom. The van der Waals surface area contributed by atoms with Gasteiger partial charge >= 0.3 is 0 Å². The molecule has 16 heavy (non-hydrogen) atoms. The Kier molecular flexibility index (Phi) is 3.02. The Morgan fingerprint density at radius 3 is 2.81 bits per heavy atom. The first kappa shape index (κ1) is 11.6. The van der Waals surface area contributed by atoms with E-state index in [2.05, 4.69) is 6.92 Å². The van der Waals surface area contributed by atoms with Crippen molar-refractivity contribution in [2.75, 3.05) is 0 Å². The second-order valence-electron chi connectivity index (χ2n) is 5.01. The summed E-state index contributed by atoms with van der Waals surface area (Å²) in [5.74, 6) is 0.379. The lowest BCUT2D eigenvalue weighted by Crippen LogP contribution is -2.23. The minimum Gasteiger partial charge on any atom is -0.385 e. The predicted molar refractivity (Wildman–Crippen MR) is 62.7 cm³/mol. The lowest BCUT2D eigenvalue weighted by atomic mass is 9.87. The van der Waals surface area contributed by atoms with Gasteiger partial charge in [0.25, 0.3) is 0 Å². The molecule has 0 heterocycles. The smallest absolute Gasteiger partial charge is 0.123 e. The summed E-state index contributed by atoms with van der Waals surface area (Å²) in [6.45, 7) is 4.03. The molecule has 1 aromatic rings. The van der Waals surface area contributed by atoms with Crippen molar-refractivity contribution in [1.29, 1.82) is 0 Å². The minimum atomic E-state index is -0.724. The standard InChI is InChI=1S/C14H19FO/c1-3-11-6-7-14(16,9-11)13-5-4-12(15)8-10(13)2/h4-5,8,11,16H,3,6-7,9H2,1-2H3. The van der Waals surface area contributed by atoms with E-state index in [4.69, 9.17) is 0 Å². The second kappa shape index (κ2) is 4.17. The fourth-order valence-corrected chi connectivity index (χ4v) is 2.87. The molecule has 1 nitrogen and oxygen atoms in total. The van der Waals surface area contributed by atoms with Crippen LogP contribution in [0.25, 0.3) is 0 Å². The lowest BCUT2D eigenvalue weighted by molar-refractivity contribution is 0.0391. The van der Waals surface area contributed by atoms with Gasteiger partial charge in [0.05, 0.1) is 5.60 Å². The van der Waals surface area contributed by atoms with E-state index in [-0.39, 0.29) is 5.82 Å². The number of halogens is 1. The molecule has 1 aromatic carbocycles. The Balaban J connectivity index is 2.30. The van der Waals surface area contributed by atoms with Crippen molar-refractivity contribution < 1.29 is 9.50 Å². The number of benzene rings is 1. The summed E-state index contributed by atoms with van der Waals surface area (Å²) in [6.07, 6.45) is 3.81. The van der Waals surface area contributed by atoms with Crippen LogP contribution < -0.4 is 0 Å². The molecule has 0 spiro atoms. The van der Waals surface area contributed by atoms with E-state index in [0.29, 0.717) is 5.92 Å². The van der Waals surface area contributed by atoms with Gasteiger partial charge < -0.3 is 5.11 Å². The van der Waals surface area contributed by atoms with Gasteiger partial charge in [0.15, 0.2) is 0 Å². The molecule has 1 fully saturated rings. The molecule has 1 N–H and O–H groups in total. The average Bonchev–Trinajstić information content (AvgIpc) is 2.61. The van der Waals surface area contributed by atoms with Crippen LogP contribution in [-0.2, 0) is 5.60 Å². The number of hydrogen-bond acceptors (Lipinski definition) is 1. The van der Waals surface area contributed by atoms with E-state index in [1.165, 1.54) is 12.1 Å². The third kappa shape index (κ3) is 1.99. The van der Waals surface area contributed by atoms with Crippen molar-refractivity contribution in [1.82, 2.24) is 0 Å². The van der Waals surface area contributed by atoms with E-state index in [1.54, 1.807) is 6.07 Å². The van der Waals surface area contributed by atoms with Crippen molar-refractivity contribution in [3.05, 3.63) is 35.1 Å². The van der Waals surface area contributed by atoms with Crippen molar-refractivity contribution in [3.63, 3.8) is 0 Å². The maximum Gasteiger partial charge on any atom is 0.123 e. The zero-order valence-electron chi connectivity index (χ0n) is 9.96. The van der Waals surface area contributed by atoms with Gasteiger partial charge in [-0.3, -0.25) is 0 Å². The zero-order chi connectivity index (χ0) is 11.8. The maximum atomic E-state index is 13.0. The number of rotatable bonds is 2. The lowest BCUT2D eigenvalue weighted by Gasteiger charge is -2.25. The fraction of sp³-hybridized carbons (Fsp3) is 0.571. The predicted octanol–water partition coefficient (Wildman–Crippen LogP) is 3.53. The van der Waals surface area contributed by atoms with Crippen LogP contribution in [0.2, 0.25) is 0 Å². The van der Waals surface area contributed by atoms with Gasteiger partial charge in [-0.2, -0.15) is 0 Å². The van der Waals surface area contributed by atoms with Crippen LogP contribution in [0.4, 0.5) is 4.39 Å². The number of aryl methyl sites for hydroxylation is 1. The summed E-state index contributed by atoms with van der Waals surface area (Å²) in [4.78, 5) is 0. The average molecular weight is 222 g/mol. The van der Waals surface area contributed by atoms with Gasteiger partial charge in [-0.15, -0.1) is 0 Å². The molecule has 88 valence electrons. The molecule has 0 saturated heterocycles. The van der Waals surface area contributed by atoms with Gasteiger partial charge in [0.1, 0.15) is 5.82 Å². The van der Waals surface area contributed by atoms with Gasteiger partial charge in [0.2, 0.25) is 0 Å². The number of aliphatic hydroxyl groups is 1. The van der Waals surface area contributed by atoms with Crippen LogP contribution >= 0.6 is 0 Å². The summed E-state index contributed by atoms with van der Waals surface area (Å²) < 4.78 is 13.0. The van der Waals surface area contributed by atoms with E-state index < -0.39 is 5.60 Å². The molecule has 2 unspecified atom stereocenters. The highest BCUT2D eigenvalue weighted by Gasteiger charge is 2.38. The summed E-state index contributed by atoms with van der Waals surface area (Å²) in [5.41, 5.74) is 1.04. The topological polar surface area (TPSA) is 20.2 Å². The fourth-order valence-electron chi connectivity index (χ4n) is 2.87. The SMILES string of the molecule is CCC1CCC(O)(c2ccc(F)cc2C)C1. The molecule has 2 rings (SSSR count). The van der Waals surface area contributed by atoms with Crippen molar-refractivity contribution >= 4 is 0 Å². The molecule has 0 aromatic heterocycles. The molecular weight excluding hydrogens is 203 g/mol. The van der Waals surface area contributed by atoms with Crippen molar-refractivity contribution in [2.24, 2.45) is 5.92 Å². The van der Waals surface area contributed by atoms with Crippen LogP contribution in [0.5, 0.6) is 0 Å². The highest BCUT2D eigenvalue weighted by molar-refractivity contribution is 5.32. The molecule has 2 heteroatoms. The molecule has 2 atom stereocenters. The van der Waals surface area contributed by atoms with Crippen molar-refractivity contribution in [3.8, 4) is 0 Å².